The van der Waals surface area contributed by atoms with Gasteiger partial charge in [0.15, 0.2) is 11.6 Å². The van der Waals surface area contributed by atoms with Gasteiger partial charge in [0.05, 0.1) is 0 Å². The summed E-state index contributed by atoms with van der Waals surface area (Å²) in [5.41, 5.74) is 5.67. The average molecular weight is 204 g/mol. The lowest BCUT2D eigenvalue weighted by Crippen LogP contribution is -1.95. The molecule has 0 atom stereocenters. The first kappa shape index (κ1) is 9.99. The van der Waals surface area contributed by atoms with Crippen molar-refractivity contribution in [1.29, 1.82) is 0 Å². The summed E-state index contributed by atoms with van der Waals surface area (Å²) >= 11 is 5.35. The van der Waals surface area contributed by atoms with Crippen LogP contribution in [0.3, 0.4) is 0 Å². The predicted octanol–water partition coefficient (Wildman–Crippen LogP) is 2.80. The van der Waals surface area contributed by atoms with E-state index in [-0.39, 0.29) is 17.1 Å². The molecule has 0 spiro atoms. The molecule has 70 valence electrons. The van der Waals surface area contributed by atoms with Crippen molar-refractivity contribution in [3.05, 3.63) is 35.4 Å². The topological polar surface area (TPSA) is 26.0 Å². The summed E-state index contributed by atoms with van der Waals surface area (Å²) in [6.07, 6.45) is 2.86. The molecule has 1 nitrogen and oxygen atoms in total. The lowest BCUT2D eigenvalue weighted by molar-refractivity contribution is 0.507. The van der Waals surface area contributed by atoms with Crippen molar-refractivity contribution >= 4 is 23.4 Å². The maximum Gasteiger partial charge on any atom is 0.168 e. The molecule has 0 heterocycles. The third-order valence-electron chi connectivity index (χ3n) is 1.54. The summed E-state index contributed by atoms with van der Waals surface area (Å²) < 4.78 is 25.7. The number of rotatable bonds is 2. The molecule has 13 heavy (non-hydrogen) atoms. The first-order chi connectivity index (χ1) is 6.16. The smallest absolute Gasteiger partial charge is 0.168 e. The molecule has 1 rings (SSSR count). The number of hydrogen-bond donors (Lipinski definition) is 1. The highest BCUT2D eigenvalue weighted by Gasteiger charge is 2.08. The van der Waals surface area contributed by atoms with E-state index in [1.165, 1.54) is 18.2 Å². The zero-order valence-corrected chi connectivity index (χ0v) is 7.48. The molecule has 0 bridgehead atoms. The molecule has 0 saturated heterocycles. The van der Waals surface area contributed by atoms with Crippen molar-refractivity contribution in [2.24, 2.45) is 0 Å². The van der Waals surface area contributed by atoms with Crippen LogP contribution in [0.5, 0.6) is 0 Å². The van der Waals surface area contributed by atoms with Crippen molar-refractivity contribution < 1.29 is 8.78 Å². The number of halogens is 3. The van der Waals surface area contributed by atoms with Gasteiger partial charge in [-0.05, 0) is 12.1 Å². The third kappa shape index (κ3) is 2.18. The zero-order chi connectivity index (χ0) is 9.84. The first-order valence-electron chi connectivity index (χ1n) is 3.62. The molecule has 0 fully saturated rings. The highest BCUT2D eigenvalue weighted by atomic mass is 35.5. The Bertz CT molecular complexity index is 337. The van der Waals surface area contributed by atoms with Gasteiger partial charge in [0, 0.05) is 17.1 Å². The quantitative estimate of drug-likeness (QED) is 0.581. The molecule has 2 N–H and O–H groups in total. The van der Waals surface area contributed by atoms with Crippen molar-refractivity contribution in [3.8, 4) is 0 Å². The van der Waals surface area contributed by atoms with E-state index in [1.807, 2.05) is 0 Å². The number of hydrogen-bond acceptors (Lipinski definition) is 1. The largest absolute Gasteiger partial charge is 0.398 e. The fraction of sp³-hybridized carbons (Fsp3) is 0.111. The lowest BCUT2D eigenvalue weighted by atomic mass is 10.1. The first-order valence-corrected chi connectivity index (χ1v) is 4.16. The van der Waals surface area contributed by atoms with Gasteiger partial charge in [-0.3, -0.25) is 0 Å². The van der Waals surface area contributed by atoms with Gasteiger partial charge in [0.25, 0.3) is 0 Å². The maximum atomic E-state index is 13.0. The highest BCUT2D eigenvalue weighted by Crippen LogP contribution is 2.20. The van der Waals surface area contributed by atoms with E-state index < -0.39 is 11.6 Å². The van der Waals surface area contributed by atoms with E-state index >= 15 is 0 Å². The molecular weight excluding hydrogens is 196 g/mol. The summed E-state index contributed by atoms with van der Waals surface area (Å²) in [4.78, 5) is 0. The van der Waals surface area contributed by atoms with Crippen LogP contribution < -0.4 is 5.73 Å². The fourth-order valence-electron chi connectivity index (χ4n) is 0.913. The Balaban J connectivity index is 3.17. The Morgan fingerprint density at radius 1 is 1.38 bits per heavy atom. The highest BCUT2D eigenvalue weighted by molar-refractivity contribution is 6.19. The van der Waals surface area contributed by atoms with Crippen LogP contribution in [0.4, 0.5) is 14.5 Å². The monoisotopic (exact) mass is 203 g/mol. The van der Waals surface area contributed by atoms with Gasteiger partial charge >= 0.3 is 0 Å². The lowest BCUT2D eigenvalue weighted by Gasteiger charge is -2.02. The van der Waals surface area contributed by atoms with Gasteiger partial charge in [-0.2, -0.15) is 0 Å². The van der Waals surface area contributed by atoms with E-state index in [0.717, 1.165) is 6.07 Å². The van der Waals surface area contributed by atoms with E-state index in [0.29, 0.717) is 0 Å². The van der Waals surface area contributed by atoms with Crippen molar-refractivity contribution in [2.75, 3.05) is 11.6 Å². The summed E-state index contributed by atoms with van der Waals surface area (Å²) in [7, 11) is 0. The van der Waals surface area contributed by atoms with E-state index in [9.17, 15) is 8.78 Å². The average Bonchev–Trinajstić information content (AvgIpc) is 2.12. The van der Waals surface area contributed by atoms with Gasteiger partial charge in [-0.15, -0.1) is 11.6 Å². The third-order valence-corrected chi connectivity index (χ3v) is 1.72. The normalized spacial score (nSPS) is 11.0. The summed E-state index contributed by atoms with van der Waals surface area (Å²) in [5.74, 6) is -1.63. The summed E-state index contributed by atoms with van der Waals surface area (Å²) in [5, 5.41) is 0. The predicted molar refractivity (Wildman–Crippen MR) is 50.5 cm³/mol. The second-order valence-corrected chi connectivity index (χ2v) is 2.73. The van der Waals surface area contributed by atoms with Crippen LogP contribution in [-0.2, 0) is 0 Å². The number of benzene rings is 1. The molecule has 0 aliphatic carbocycles. The van der Waals surface area contributed by atoms with Gasteiger partial charge in [0.1, 0.15) is 0 Å². The number of nitrogen functional groups attached to an aromatic ring is 1. The van der Waals surface area contributed by atoms with Gasteiger partial charge in [-0.1, -0.05) is 12.2 Å². The van der Waals surface area contributed by atoms with E-state index in [1.54, 1.807) is 0 Å². The molecule has 0 amide bonds. The molecule has 0 unspecified atom stereocenters. The van der Waals surface area contributed by atoms with Crippen LogP contribution in [-0.4, -0.2) is 5.88 Å². The van der Waals surface area contributed by atoms with E-state index in [2.05, 4.69) is 0 Å². The number of allylic oxidation sites excluding steroid dienone is 1. The second-order valence-electron chi connectivity index (χ2n) is 2.42. The maximum absolute atomic E-state index is 13.0. The minimum absolute atomic E-state index is 0.0423. The molecular formula is C9H8ClF2N. The second kappa shape index (κ2) is 4.23. The minimum Gasteiger partial charge on any atom is -0.398 e. The van der Waals surface area contributed by atoms with Crippen molar-refractivity contribution in [1.82, 2.24) is 0 Å². The van der Waals surface area contributed by atoms with Crippen molar-refractivity contribution in [3.63, 3.8) is 0 Å². The van der Waals surface area contributed by atoms with Gasteiger partial charge in [-0.25, -0.2) is 8.78 Å². The Morgan fingerprint density at radius 2 is 2.08 bits per heavy atom. The van der Waals surface area contributed by atoms with Crippen LogP contribution >= 0.6 is 11.6 Å². The Morgan fingerprint density at radius 3 is 2.69 bits per heavy atom. The van der Waals surface area contributed by atoms with Crippen LogP contribution in [0.1, 0.15) is 5.56 Å². The molecule has 1 aromatic carbocycles. The van der Waals surface area contributed by atoms with Crippen LogP contribution in [0.15, 0.2) is 18.2 Å². The SMILES string of the molecule is Nc1ccc(F)c(F)c1C=CCCl. The standard InChI is InChI=1S/C9H8ClF2N/c10-5-1-2-6-8(13)4-3-7(11)9(6)12/h1-4H,5,13H2. The van der Waals surface area contributed by atoms with Crippen LogP contribution in [0.2, 0.25) is 0 Å². The zero-order valence-electron chi connectivity index (χ0n) is 6.73. The Hall–Kier alpha value is -1.09. The number of alkyl halides is 1. The van der Waals surface area contributed by atoms with Crippen LogP contribution in [0.25, 0.3) is 6.08 Å². The molecule has 0 aromatic heterocycles. The van der Waals surface area contributed by atoms with Gasteiger partial charge < -0.3 is 5.73 Å². The Kier molecular flexibility index (Phi) is 3.25. The molecule has 0 aliphatic rings. The summed E-state index contributed by atoms with van der Waals surface area (Å²) in [6.45, 7) is 0. The Labute approximate surface area is 79.8 Å². The van der Waals surface area contributed by atoms with Crippen molar-refractivity contribution in [2.45, 2.75) is 0 Å². The molecule has 0 aliphatic heterocycles. The number of anilines is 1. The van der Waals surface area contributed by atoms with Crippen LogP contribution in [0, 0.1) is 11.6 Å². The molecule has 1 aromatic rings. The molecule has 4 heteroatoms. The molecule has 0 radical (unpaired) electrons. The van der Waals surface area contributed by atoms with E-state index in [4.69, 9.17) is 17.3 Å². The minimum atomic E-state index is -0.943. The van der Waals surface area contributed by atoms with Gasteiger partial charge in [0.2, 0.25) is 0 Å². The summed E-state index contributed by atoms with van der Waals surface area (Å²) in [6, 6.07) is 2.30. The molecule has 0 saturated carbocycles. The number of nitrogens with two attached hydrogens (primary N) is 1. The fourth-order valence-corrected chi connectivity index (χ4v) is 1.00.